The fourth-order valence-electron chi connectivity index (χ4n) is 1.95. The minimum absolute atomic E-state index is 0.147. The second-order valence-electron chi connectivity index (χ2n) is 4.69. The highest BCUT2D eigenvalue weighted by Gasteiger charge is 2.13. The predicted molar refractivity (Wildman–Crippen MR) is 90.8 cm³/mol. The lowest BCUT2D eigenvalue weighted by Crippen LogP contribution is -2.33. The van der Waals surface area contributed by atoms with Gasteiger partial charge in [-0.05, 0) is 37.3 Å². The fraction of sp³-hybridized carbons (Fsp3) is 0.188. The number of carbonyl (C=O) groups is 2. The van der Waals surface area contributed by atoms with Crippen LogP contribution in [0.4, 0.5) is 11.4 Å². The van der Waals surface area contributed by atoms with E-state index in [-0.39, 0.29) is 18.4 Å². The number of aromatic nitrogens is 1. The summed E-state index contributed by atoms with van der Waals surface area (Å²) in [5, 5.41) is 8.76. The summed E-state index contributed by atoms with van der Waals surface area (Å²) in [4.78, 5) is 28.0. The summed E-state index contributed by atoms with van der Waals surface area (Å²) in [6, 6.07) is 8.42. The molecule has 1 aromatic heterocycles. The Hall–Kier alpha value is -2.60. The van der Waals surface area contributed by atoms with Gasteiger partial charge in [-0.1, -0.05) is 11.6 Å². The van der Waals surface area contributed by atoms with Crippen molar-refractivity contribution in [3.05, 3.63) is 53.3 Å². The maximum atomic E-state index is 12.2. The van der Waals surface area contributed by atoms with E-state index in [1.807, 2.05) is 6.92 Å². The molecule has 0 bridgehead atoms. The molecule has 2 amide bonds. The minimum Gasteiger partial charge on any atom is -0.385 e. The second-order valence-corrected chi connectivity index (χ2v) is 5.13. The molecular formula is C16H17ClN4O2. The average Bonchev–Trinajstić information content (AvgIpc) is 2.55. The van der Waals surface area contributed by atoms with Crippen LogP contribution in [0.15, 0.2) is 42.7 Å². The van der Waals surface area contributed by atoms with Gasteiger partial charge in [-0.2, -0.15) is 0 Å². The van der Waals surface area contributed by atoms with Crippen molar-refractivity contribution in [1.82, 2.24) is 10.3 Å². The molecule has 0 saturated heterocycles. The maximum absolute atomic E-state index is 12.2. The van der Waals surface area contributed by atoms with Crippen molar-refractivity contribution in [3.8, 4) is 0 Å². The van der Waals surface area contributed by atoms with E-state index in [0.717, 1.165) is 0 Å². The van der Waals surface area contributed by atoms with Gasteiger partial charge in [0.2, 0.25) is 5.91 Å². The third-order valence-electron chi connectivity index (χ3n) is 2.95. The van der Waals surface area contributed by atoms with E-state index < -0.39 is 0 Å². The second kappa shape index (κ2) is 8.14. The van der Waals surface area contributed by atoms with Gasteiger partial charge in [-0.15, -0.1) is 0 Å². The van der Waals surface area contributed by atoms with Crippen LogP contribution in [0.5, 0.6) is 0 Å². The number of hydrogen-bond donors (Lipinski definition) is 3. The number of rotatable bonds is 6. The third kappa shape index (κ3) is 4.96. The number of halogens is 1. The van der Waals surface area contributed by atoms with Crippen molar-refractivity contribution in [3.63, 3.8) is 0 Å². The number of amides is 2. The van der Waals surface area contributed by atoms with E-state index in [0.29, 0.717) is 28.5 Å². The number of pyridine rings is 1. The summed E-state index contributed by atoms with van der Waals surface area (Å²) in [5.74, 6) is -0.705. The molecule has 2 aromatic rings. The molecular weight excluding hydrogens is 316 g/mol. The van der Waals surface area contributed by atoms with E-state index in [1.165, 1.54) is 6.20 Å². The van der Waals surface area contributed by atoms with Crippen molar-refractivity contribution in [1.29, 1.82) is 0 Å². The van der Waals surface area contributed by atoms with Crippen LogP contribution >= 0.6 is 11.6 Å². The number of anilines is 2. The van der Waals surface area contributed by atoms with E-state index in [9.17, 15) is 9.59 Å². The zero-order valence-electron chi connectivity index (χ0n) is 12.6. The van der Waals surface area contributed by atoms with E-state index >= 15 is 0 Å². The van der Waals surface area contributed by atoms with Gasteiger partial charge in [0.25, 0.3) is 5.91 Å². The first-order valence-electron chi connectivity index (χ1n) is 7.11. The minimum atomic E-state index is -0.371. The Morgan fingerprint density at radius 3 is 2.78 bits per heavy atom. The summed E-state index contributed by atoms with van der Waals surface area (Å²) in [6.45, 7) is 2.45. The van der Waals surface area contributed by atoms with Crippen LogP contribution in [0.25, 0.3) is 0 Å². The zero-order chi connectivity index (χ0) is 16.7. The van der Waals surface area contributed by atoms with Crippen LogP contribution in [0, 0.1) is 0 Å². The number of hydrogen-bond acceptors (Lipinski definition) is 4. The van der Waals surface area contributed by atoms with E-state index in [2.05, 4.69) is 20.9 Å². The Morgan fingerprint density at radius 1 is 1.26 bits per heavy atom. The Morgan fingerprint density at radius 2 is 2.09 bits per heavy atom. The van der Waals surface area contributed by atoms with Crippen LogP contribution in [0.2, 0.25) is 5.02 Å². The number of nitrogens with one attached hydrogen (secondary N) is 3. The molecule has 120 valence electrons. The van der Waals surface area contributed by atoms with Crippen LogP contribution in [0.3, 0.4) is 0 Å². The normalized spacial score (nSPS) is 10.0. The molecule has 0 atom stereocenters. The van der Waals surface area contributed by atoms with Gasteiger partial charge in [0.1, 0.15) is 0 Å². The largest absolute Gasteiger partial charge is 0.385 e. The topological polar surface area (TPSA) is 83.1 Å². The van der Waals surface area contributed by atoms with Gasteiger partial charge in [-0.25, -0.2) is 0 Å². The molecule has 0 spiro atoms. The molecule has 0 fully saturated rings. The van der Waals surface area contributed by atoms with Crippen molar-refractivity contribution in [2.45, 2.75) is 6.92 Å². The van der Waals surface area contributed by atoms with Gasteiger partial charge < -0.3 is 16.0 Å². The predicted octanol–water partition coefficient (Wildman–Crippen LogP) is 2.54. The van der Waals surface area contributed by atoms with Crippen molar-refractivity contribution >= 4 is 34.8 Å². The molecule has 0 aliphatic carbocycles. The molecule has 0 aliphatic rings. The zero-order valence-corrected chi connectivity index (χ0v) is 13.4. The molecule has 3 N–H and O–H groups in total. The molecule has 7 heteroatoms. The summed E-state index contributed by atoms with van der Waals surface area (Å²) in [6.07, 6.45) is 3.14. The molecule has 0 aliphatic heterocycles. The third-order valence-corrected chi connectivity index (χ3v) is 3.18. The van der Waals surface area contributed by atoms with E-state index in [1.54, 1.807) is 36.5 Å². The molecule has 6 nitrogen and oxygen atoms in total. The van der Waals surface area contributed by atoms with Crippen LogP contribution in [0.1, 0.15) is 17.3 Å². The van der Waals surface area contributed by atoms with Gasteiger partial charge in [0.15, 0.2) is 0 Å². The van der Waals surface area contributed by atoms with Gasteiger partial charge in [-0.3, -0.25) is 14.6 Å². The van der Waals surface area contributed by atoms with Crippen LogP contribution in [-0.2, 0) is 4.79 Å². The number of nitrogens with zero attached hydrogens (tertiary/aromatic N) is 1. The highest BCUT2D eigenvalue weighted by Crippen LogP contribution is 2.20. The Kier molecular flexibility index (Phi) is 5.94. The molecule has 1 heterocycles. The molecule has 23 heavy (non-hydrogen) atoms. The maximum Gasteiger partial charge on any atom is 0.253 e. The first-order valence-corrected chi connectivity index (χ1v) is 7.49. The van der Waals surface area contributed by atoms with Crippen molar-refractivity contribution in [2.75, 3.05) is 23.7 Å². The molecule has 1 aromatic carbocycles. The van der Waals surface area contributed by atoms with Gasteiger partial charge >= 0.3 is 0 Å². The highest BCUT2D eigenvalue weighted by molar-refractivity contribution is 6.31. The van der Waals surface area contributed by atoms with Crippen molar-refractivity contribution < 1.29 is 9.59 Å². The Balaban J connectivity index is 1.97. The first kappa shape index (κ1) is 16.8. The van der Waals surface area contributed by atoms with Crippen LogP contribution < -0.4 is 16.0 Å². The highest BCUT2D eigenvalue weighted by atomic mass is 35.5. The Bertz CT molecular complexity index is 692. The summed E-state index contributed by atoms with van der Waals surface area (Å²) in [5.41, 5.74) is 1.64. The van der Waals surface area contributed by atoms with Crippen molar-refractivity contribution in [2.24, 2.45) is 0 Å². The fourth-order valence-corrected chi connectivity index (χ4v) is 2.12. The molecule has 2 rings (SSSR count). The number of benzene rings is 1. The lowest BCUT2D eigenvalue weighted by molar-refractivity contribution is -0.115. The summed E-state index contributed by atoms with van der Waals surface area (Å²) >= 11 is 5.94. The SMILES string of the molecule is CCNc1ccc(Cl)cc1C(=O)NCC(=O)Nc1cccnc1. The lowest BCUT2D eigenvalue weighted by Gasteiger charge is -2.11. The summed E-state index contributed by atoms with van der Waals surface area (Å²) in [7, 11) is 0. The van der Waals surface area contributed by atoms with E-state index in [4.69, 9.17) is 11.6 Å². The number of carbonyl (C=O) groups excluding carboxylic acids is 2. The molecule has 0 saturated carbocycles. The van der Waals surface area contributed by atoms with Gasteiger partial charge in [0.05, 0.1) is 24.0 Å². The lowest BCUT2D eigenvalue weighted by atomic mass is 10.1. The smallest absolute Gasteiger partial charge is 0.253 e. The standard InChI is InChI=1S/C16H17ClN4O2/c1-2-19-14-6-5-11(17)8-13(14)16(23)20-10-15(22)21-12-4-3-7-18-9-12/h3-9,19H,2,10H2,1H3,(H,20,23)(H,21,22). The molecule has 0 radical (unpaired) electrons. The van der Waals surface area contributed by atoms with Crippen LogP contribution in [-0.4, -0.2) is 29.9 Å². The molecule has 0 unspecified atom stereocenters. The Labute approximate surface area is 139 Å². The van der Waals surface area contributed by atoms with Gasteiger partial charge in [0, 0.05) is 23.5 Å². The monoisotopic (exact) mass is 332 g/mol. The average molecular weight is 333 g/mol. The summed E-state index contributed by atoms with van der Waals surface area (Å²) < 4.78 is 0. The first-order chi connectivity index (χ1) is 11.1. The quantitative estimate of drug-likeness (QED) is 0.759.